The molecule has 138 valence electrons. The Labute approximate surface area is 158 Å². The minimum atomic E-state index is -0.0616. The number of carbonyl (C=O) groups excluding carboxylic acids is 1. The number of anilines is 2. The van der Waals surface area contributed by atoms with Gasteiger partial charge in [-0.25, -0.2) is 0 Å². The number of hydrogen-bond donors (Lipinski definition) is 2. The quantitative estimate of drug-likeness (QED) is 0.803. The monoisotopic (exact) mass is 373 g/mol. The van der Waals surface area contributed by atoms with Crippen molar-refractivity contribution in [3.63, 3.8) is 0 Å². The first-order valence-electron chi connectivity index (χ1n) is 8.66. The third-order valence-electron chi connectivity index (χ3n) is 4.16. The lowest BCUT2D eigenvalue weighted by atomic mass is 10.2. The molecule has 3 rings (SSSR count). The van der Waals surface area contributed by atoms with Crippen molar-refractivity contribution in [2.24, 2.45) is 0 Å². The van der Waals surface area contributed by atoms with Gasteiger partial charge in [-0.15, -0.1) is 0 Å². The van der Waals surface area contributed by atoms with Crippen LogP contribution in [-0.2, 0) is 11.3 Å². The second kappa shape index (κ2) is 8.29. The Balaban J connectivity index is 1.76. The van der Waals surface area contributed by atoms with Gasteiger partial charge in [-0.05, 0) is 43.8 Å². The van der Waals surface area contributed by atoms with E-state index in [1.807, 2.05) is 38.1 Å². The molecule has 1 fully saturated rings. The Morgan fingerprint density at radius 3 is 2.77 bits per heavy atom. The molecule has 0 atom stereocenters. The van der Waals surface area contributed by atoms with Crippen LogP contribution in [-0.4, -0.2) is 52.0 Å². The molecule has 8 heteroatoms. The third-order valence-corrected chi connectivity index (χ3v) is 4.37. The minimum absolute atomic E-state index is 0.0616. The molecule has 26 heavy (non-hydrogen) atoms. The Bertz CT molecular complexity index is 799. The zero-order valence-electron chi connectivity index (χ0n) is 15.0. The molecule has 1 amide bonds. The number of nitrogens with one attached hydrogen (secondary N) is 2. The van der Waals surface area contributed by atoms with Crippen molar-refractivity contribution >= 4 is 34.6 Å². The number of hydrogen-bond acceptors (Lipinski definition) is 4. The highest BCUT2D eigenvalue weighted by Crippen LogP contribution is 2.19. The zero-order chi connectivity index (χ0) is 18.5. The topological polar surface area (TPSA) is 71.4 Å². The van der Waals surface area contributed by atoms with E-state index in [1.165, 1.54) is 0 Å². The van der Waals surface area contributed by atoms with Gasteiger partial charge in [0.05, 0.1) is 25.1 Å². The number of nitrogens with zero attached hydrogens (tertiary/aromatic N) is 3. The maximum absolute atomic E-state index is 13.0. The van der Waals surface area contributed by atoms with E-state index >= 15 is 0 Å². The molecule has 1 saturated heterocycles. The van der Waals surface area contributed by atoms with E-state index in [0.717, 1.165) is 11.3 Å². The molecule has 1 aliphatic heterocycles. The van der Waals surface area contributed by atoms with Gasteiger partial charge in [0.25, 0.3) is 5.91 Å². The fourth-order valence-corrected chi connectivity index (χ4v) is 3.09. The lowest BCUT2D eigenvalue weighted by molar-refractivity contribution is 0.0295. The largest absolute Gasteiger partial charge is 0.378 e. The summed E-state index contributed by atoms with van der Waals surface area (Å²) in [5.41, 5.74) is 3.16. The van der Waals surface area contributed by atoms with Gasteiger partial charge in [-0.3, -0.25) is 9.48 Å². The van der Waals surface area contributed by atoms with Crippen LogP contribution in [0.2, 0.25) is 0 Å². The fraction of sp³-hybridized carbons (Fsp3) is 0.389. The van der Waals surface area contributed by atoms with Gasteiger partial charge < -0.3 is 20.3 Å². The van der Waals surface area contributed by atoms with E-state index in [1.54, 1.807) is 15.8 Å². The lowest BCUT2D eigenvalue weighted by Gasteiger charge is -2.27. The Kier molecular flexibility index (Phi) is 5.85. The predicted octanol–water partition coefficient (Wildman–Crippen LogP) is 2.49. The highest BCUT2D eigenvalue weighted by atomic mass is 32.1. The number of aryl methyl sites for hydroxylation is 2. The van der Waals surface area contributed by atoms with Crippen LogP contribution < -0.4 is 10.6 Å². The molecule has 7 nitrogen and oxygen atoms in total. The summed E-state index contributed by atoms with van der Waals surface area (Å²) in [4.78, 5) is 14.7. The number of morpholine rings is 1. The Hall–Kier alpha value is -2.45. The standard InChI is InChI=1S/C18H23N5O2S/c1-3-23-16(17(24)22-7-9-25-10-8-22)15(12-19-23)21-18(26)20-14-6-4-5-13(2)11-14/h4-6,11-12H,3,7-10H2,1-2H3,(H2,20,21,26). The summed E-state index contributed by atoms with van der Waals surface area (Å²) in [5.74, 6) is -0.0616. The zero-order valence-corrected chi connectivity index (χ0v) is 15.8. The van der Waals surface area contributed by atoms with E-state index in [-0.39, 0.29) is 5.91 Å². The molecule has 2 aromatic rings. The van der Waals surface area contributed by atoms with Gasteiger partial charge in [0.2, 0.25) is 0 Å². The number of aromatic nitrogens is 2. The van der Waals surface area contributed by atoms with Gasteiger partial charge in [-0.1, -0.05) is 12.1 Å². The van der Waals surface area contributed by atoms with Crippen molar-refractivity contribution in [2.75, 3.05) is 36.9 Å². The molecular weight excluding hydrogens is 350 g/mol. The molecule has 1 aromatic carbocycles. The predicted molar refractivity (Wildman–Crippen MR) is 106 cm³/mol. The van der Waals surface area contributed by atoms with Crippen LogP contribution in [0.25, 0.3) is 0 Å². The molecule has 1 aromatic heterocycles. The summed E-state index contributed by atoms with van der Waals surface area (Å²) >= 11 is 5.41. The molecule has 0 aliphatic carbocycles. The lowest BCUT2D eigenvalue weighted by Crippen LogP contribution is -2.41. The van der Waals surface area contributed by atoms with Crippen LogP contribution in [0.5, 0.6) is 0 Å². The molecular formula is C18H23N5O2S. The normalized spacial score (nSPS) is 14.2. The summed E-state index contributed by atoms with van der Waals surface area (Å²) in [6.07, 6.45) is 1.64. The fourth-order valence-electron chi connectivity index (χ4n) is 2.87. The first-order chi connectivity index (χ1) is 12.6. The van der Waals surface area contributed by atoms with Gasteiger partial charge in [-0.2, -0.15) is 5.10 Å². The highest BCUT2D eigenvalue weighted by Gasteiger charge is 2.25. The van der Waals surface area contributed by atoms with Gasteiger partial charge in [0, 0.05) is 25.3 Å². The molecule has 1 aliphatic rings. The maximum Gasteiger partial charge on any atom is 0.274 e. The number of ether oxygens (including phenoxy) is 1. The van der Waals surface area contributed by atoms with Gasteiger partial charge in [0.1, 0.15) is 5.69 Å². The number of carbonyl (C=O) groups is 1. The van der Waals surface area contributed by atoms with E-state index in [9.17, 15) is 4.79 Å². The first kappa shape index (κ1) is 18.3. The van der Waals surface area contributed by atoms with Crippen LogP contribution in [0.3, 0.4) is 0 Å². The van der Waals surface area contributed by atoms with E-state index in [2.05, 4.69) is 15.7 Å². The van der Waals surface area contributed by atoms with Crippen LogP contribution in [0.4, 0.5) is 11.4 Å². The summed E-state index contributed by atoms with van der Waals surface area (Å²) in [7, 11) is 0. The van der Waals surface area contributed by atoms with E-state index in [0.29, 0.717) is 49.3 Å². The first-order valence-corrected chi connectivity index (χ1v) is 9.07. The Morgan fingerprint density at radius 1 is 1.31 bits per heavy atom. The number of amides is 1. The average molecular weight is 373 g/mol. The van der Waals surface area contributed by atoms with E-state index < -0.39 is 0 Å². The average Bonchev–Trinajstić information content (AvgIpc) is 3.04. The number of rotatable bonds is 4. The molecule has 0 saturated carbocycles. The van der Waals surface area contributed by atoms with Crippen LogP contribution in [0.15, 0.2) is 30.5 Å². The molecule has 2 heterocycles. The van der Waals surface area contributed by atoms with Crippen molar-refractivity contribution in [1.29, 1.82) is 0 Å². The summed E-state index contributed by atoms with van der Waals surface area (Å²) in [6, 6.07) is 7.92. The highest BCUT2D eigenvalue weighted by molar-refractivity contribution is 7.80. The van der Waals surface area contributed by atoms with Crippen LogP contribution in [0, 0.1) is 6.92 Å². The van der Waals surface area contributed by atoms with Crippen molar-refractivity contribution in [3.05, 3.63) is 41.7 Å². The number of benzene rings is 1. The molecule has 2 N–H and O–H groups in total. The smallest absolute Gasteiger partial charge is 0.274 e. The van der Waals surface area contributed by atoms with Gasteiger partial charge >= 0.3 is 0 Å². The molecule has 0 spiro atoms. The number of thiocarbonyl (C=S) groups is 1. The van der Waals surface area contributed by atoms with Crippen molar-refractivity contribution in [2.45, 2.75) is 20.4 Å². The second-order valence-corrected chi connectivity index (χ2v) is 6.48. The minimum Gasteiger partial charge on any atom is -0.378 e. The van der Waals surface area contributed by atoms with Crippen molar-refractivity contribution < 1.29 is 9.53 Å². The van der Waals surface area contributed by atoms with Crippen molar-refractivity contribution in [3.8, 4) is 0 Å². The molecule has 0 radical (unpaired) electrons. The molecule has 0 unspecified atom stereocenters. The SMILES string of the molecule is CCn1ncc(NC(=S)Nc2cccc(C)c2)c1C(=O)N1CCOCC1. The van der Waals surface area contributed by atoms with Gasteiger partial charge in [0.15, 0.2) is 5.11 Å². The maximum atomic E-state index is 13.0. The van der Waals surface area contributed by atoms with Crippen molar-refractivity contribution in [1.82, 2.24) is 14.7 Å². The second-order valence-electron chi connectivity index (χ2n) is 6.08. The summed E-state index contributed by atoms with van der Waals surface area (Å²) < 4.78 is 7.02. The Morgan fingerprint density at radius 2 is 2.08 bits per heavy atom. The summed E-state index contributed by atoms with van der Waals surface area (Å²) in [5, 5.41) is 11.0. The van der Waals surface area contributed by atoms with Crippen LogP contribution in [0.1, 0.15) is 23.0 Å². The molecule has 0 bridgehead atoms. The van der Waals surface area contributed by atoms with E-state index in [4.69, 9.17) is 17.0 Å². The van der Waals surface area contributed by atoms with Crippen LogP contribution >= 0.6 is 12.2 Å². The third kappa shape index (κ3) is 4.20. The summed E-state index contributed by atoms with van der Waals surface area (Å²) in [6.45, 7) is 6.86.